The molecule has 3 rings (SSSR count). The number of para-hydroxylation sites is 2. The molecule has 2 aromatic carbocycles. The van der Waals surface area contributed by atoms with Crippen LogP contribution in [0.1, 0.15) is 30.8 Å². The first kappa shape index (κ1) is 17.2. The van der Waals surface area contributed by atoms with Crippen LogP contribution in [-0.2, 0) is 17.8 Å². The van der Waals surface area contributed by atoms with Crippen molar-refractivity contribution in [1.82, 2.24) is 14.9 Å². The summed E-state index contributed by atoms with van der Waals surface area (Å²) in [5.41, 5.74) is 4.65. The van der Waals surface area contributed by atoms with Crippen molar-refractivity contribution >= 4 is 16.9 Å². The molecule has 1 amide bonds. The smallest absolute Gasteiger partial charge is 0.222 e. The number of aromatic nitrogens is 2. The molecule has 25 heavy (non-hydrogen) atoms. The van der Waals surface area contributed by atoms with E-state index >= 15 is 0 Å². The summed E-state index contributed by atoms with van der Waals surface area (Å²) in [6, 6.07) is 16.7. The fourth-order valence-electron chi connectivity index (χ4n) is 2.99. The molecule has 0 atom stereocenters. The summed E-state index contributed by atoms with van der Waals surface area (Å²) in [5.74, 6) is 1.10. The van der Waals surface area contributed by atoms with Crippen LogP contribution in [0.2, 0.25) is 0 Å². The summed E-state index contributed by atoms with van der Waals surface area (Å²) in [5, 5.41) is 2.98. The molecule has 1 aromatic heterocycles. The van der Waals surface area contributed by atoms with Gasteiger partial charge >= 0.3 is 0 Å². The Labute approximate surface area is 148 Å². The van der Waals surface area contributed by atoms with E-state index in [1.165, 1.54) is 11.1 Å². The average Bonchev–Trinajstić information content (AvgIpc) is 2.92. The average molecular weight is 335 g/mol. The Hall–Kier alpha value is -2.62. The third-order valence-corrected chi connectivity index (χ3v) is 4.33. The Bertz CT molecular complexity index is 880. The number of amides is 1. The van der Waals surface area contributed by atoms with Gasteiger partial charge in [-0.15, -0.1) is 0 Å². The number of hydrogen-bond donors (Lipinski definition) is 1. The molecule has 0 aliphatic carbocycles. The second kappa shape index (κ2) is 7.51. The van der Waals surface area contributed by atoms with E-state index in [9.17, 15) is 4.79 Å². The van der Waals surface area contributed by atoms with Crippen LogP contribution in [0.15, 0.2) is 48.5 Å². The Morgan fingerprint density at radius 2 is 1.96 bits per heavy atom. The fraction of sp³-hybridized carbons (Fsp3) is 0.333. The summed E-state index contributed by atoms with van der Waals surface area (Å²) in [7, 11) is 0. The number of imidazole rings is 1. The highest BCUT2D eigenvalue weighted by atomic mass is 16.1. The summed E-state index contributed by atoms with van der Waals surface area (Å²) in [6.07, 6.45) is 0.721. The highest BCUT2D eigenvalue weighted by Gasteiger charge is 2.12. The van der Waals surface area contributed by atoms with E-state index in [1.807, 2.05) is 32.0 Å². The molecule has 0 aliphatic rings. The normalized spacial score (nSPS) is 11.2. The van der Waals surface area contributed by atoms with Gasteiger partial charge in [0.2, 0.25) is 5.91 Å². The molecule has 4 heteroatoms. The van der Waals surface area contributed by atoms with Gasteiger partial charge in [0.05, 0.1) is 11.0 Å². The molecular formula is C21H25N3O. The quantitative estimate of drug-likeness (QED) is 0.746. The van der Waals surface area contributed by atoms with E-state index in [0.717, 1.165) is 29.8 Å². The molecule has 0 bridgehead atoms. The number of carbonyl (C=O) groups excluding carboxylic acids is 1. The fourth-order valence-corrected chi connectivity index (χ4v) is 2.99. The van der Waals surface area contributed by atoms with Gasteiger partial charge < -0.3 is 9.88 Å². The number of carbonyl (C=O) groups is 1. The Balaban J connectivity index is 1.85. The molecule has 0 radical (unpaired) electrons. The highest BCUT2D eigenvalue weighted by Crippen LogP contribution is 2.18. The summed E-state index contributed by atoms with van der Waals surface area (Å²) >= 11 is 0. The lowest BCUT2D eigenvalue weighted by molar-refractivity contribution is -0.123. The molecule has 0 unspecified atom stereocenters. The molecule has 0 fully saturated rings. The van der Waals surface area contributed by atoms with Crippen LogP contribution in [0.5, 0.6) is 0 Å². The number of benzene rings is 2. The lowest BCUT2D eigenvalue weighted by Crippen LogP contribution is -2.30. The van der Waals surface area contributed by atoms with Gasteiger partial charge in [-0.1, -0.05) is 55.8 Å². The Morgan fingerprint density at radius 1 is 1.16 bits per heavy atom. The van der Waals surface area contributed by atoms with Crippen molar-refractivity contribution in [3.8, 4) is 0 Å². The number of hydrogen-bond acceptors (Lipinski definition) is 2. The Kier molecular flexibility index (Phi) is 5.17. The minimum atomic E-state index is 0.00566. The van der Waals surface area contributed by atoms with E-state index in [-0.39, 0.29) is 11.8 Å². The monoisotopic (exact) mass is 335 g/mol. The second-order valence-electron chi connectivity index (χ2n) is 6.79. The third kappa shape index (κ3) is 4.08. The van der Waals surface area contributed by atoms with Crippen LogP contribution < -0.4 is 5.32 Å². The van der Waals surface area contributed by atoms with Crippen LogP contribution in [0.3, 0.4) is 0 Å². The van der Waals surface area contributed by atoms with Crippen LogP contribution in [0.25, 0.3) is 11.0 Å². The maximum absolute atomic E-state index is 11.8. The zero-order chi connectivity index (χ0) is 17.8. The van der Waals surface area contributed by atoms with Crippen LogP contribution in [0, 0.1) is 12.8 Å². The van der Waals surface area contributed by atoms with E-state index in [2.05, 4.69) is 47.1 Å². The van der Waals surface area contributed by atoms with Crippen LogP contribution in [-0.4, -0.2) is 22.0 Å². The number of nitrogens with zero attached hydrogens (tertiary/aromatic N) is 2. The van der Waals surface area contributed by atoms with Gasteiger partial charge in [-0.05, 0) is 24.6 Å². The maximum atomic E-state index is 11.8. The van der Waals surface area contributed by atoms with Crippen LogP contribution >= 0.6 is 0 Å². The van der Waals surface area contributed by atoms with Crippen molar-refractivity contribution in [2.45, 2.75) is 33.7 Å². The molecule has 1 heterocycles. The largest absolute Gasteiger partial charge is 0.355 e. The first-order chi connectivity index (χ1) is 12.0. The zero-order valence-electron chi connectivity index (χ0n) is 15.1. The SMILES string of the molecule is Cc1cccc(Cn2c(CCNC(=O)C(C)C)nc3ccccc32)c1. The predicted octanol–water partition coefficient (Wildman–Crippen LogP) is 3.71. The van der Waals surface area contributed by atoms with Gasteiger partial charge in [0.15, 0.2) is 0 Å². The molecule has 1 N–H and O–H groups in total. The first-order valence-electron chi connectivity index (χ1n) is 8.82. The summed E-state index contributed by atoms with van der Waals surface area (Å²) in [4.78, 5) is 16.6. The van der Waals surface area contributed by atoms with E-state index in [4.69, 9.17) is 4.98 Å². The van der Waals surface area contributed by atoms with Crippen molar-refractivity contribution in [2.75, 3.05) is 6.54 Å². The summed E-state index contributed by atoms with van der Waals surface area (Å²) < 4.78 is 2.26. The third-order valence-electron chi connectivity index (χ3n) is 4.33. The minimum absolute atomic E-state index is 0.00566. The number of fused-ring (bicyclic) bond motifs is 1. The number of aryl methyl sites for hydroxylation is 1. The van der Waals surface area contributed by atoms with Gasteiger partial charge in [-0.25, -0.2) is 4.98 Å². The first-order valence-corrected chi connectivity index (χ1v) is 8.82. The van der Waals surface area contributed by atoms with Crippen molar-refractivity contribution in [2.24, 2.45) is 5.92 Å². The molecule has 4 nitrogen and oxygen atoms in total. The van der Waals surface area contributed by atoms with Gasteiger partial charge in [-0.3, -0.25) is 4.79 Å². The standard InChI is InChI=1S/C21H25N3O/c1-15(2)21(25)22-12-11-20-23-18-9-4-5-10-19(18)24(20)14-17-8-6-7-16(3)13-17/h4-10,13,15H,11-12,14H2,1-3H3,(H,22,25). The number of nitrogens with one attached hydrogen (secondary N) is 1. The molecule has 0 saturated heterocycles. The second-order valence-corrected chi connectivity index (χ2v) is 6.79. The lowest BCUT2D eigenvalue weighted by atomic mass is 10.1. The molecule has 130 valence electrons. The lowest BCUT2D eigenvalue weighted by Gasteiger charge is -2.11. The van der Waals surface area contributed by atoms with Crippen LogP contribution in [0.4, 0.5) is 0 Å². The van der Waals surface area contributed by atoms with E-state index in [1.54, 1.807) is 0 Å². The minimum Gasteiger partial charge on any atom is -0.355 e. The molecule has 0 saturated carbocycles. The van der Waals surface area contributed by atoms with Crippen molar-refractivity contribution in [1.29, 1.82) is 0 Å². The maximum Gasteiger partial charge on any atom is 0.222 e. The molecule has 3 aromatic rings. The van der Waals surface area contributed by atoms with Gasteiger partial charge in [0, 0.05) is 25.4 Å². The van der Waals surface area contributed by atoms with Gasteiger partial charge in [0.25, 0.3) is 0 Å². The van der Waals surface area contributed by atoms with Crippen molar-refractivity contribution < 1.29 is 4.79 Å². The molecule has 0 aliphatic heterocycles. The topological polar surface area (TPSA) is 46.9 Å². The van der Waals surface area contributed by atoms with E-state index in [0.29, 0.717) is 6.54 Å². The zero-order valence-corrected chi connectivity index (χ0v) is 15.1. The highest BCUT2D eigenvalue weighted by molar-refractivity contribution is 5.78. The van der Waals surface area contributed by atoms with Gasteiger partial charge in [-0.2, -0.15) is 0 Å². The Morgan fingerprint density at radius 3 is 2.72 bits per heavy atom. The number of rotatable bonds is 6. The molecular weight excluding hydrogens is 310 g/mol. The molecule has 0 spiro atoms. The van der Waals surface area contributed by atoms with E-state index < -0.39 is 0 Å². The summed E-state index contributed by atoms with van der Waals surface area (Å²) in [6.45, 7) is 7.31. The van der Waals surface area contributed by atoms with Gasteiger partial charge in [0.1, 0.15) is 5.82 Å². The predicted molar refractivity (Wildman–Crippen MR) is 102 cm³/mol. The van der Waals surface area contributed by atoms with Crippen molar-refractivity contribution in [3.63, 3.8) is 0 Å². The van der Waals surface area contributed by atoms with Crippen molar-refractivity contribution in [3.05, 3.63) is 65.5 Å².